The van der Waals surface area contributed by atoms with E-state index in [2.05, 4.69) is 6.07 Å². The van der Waals surface area contributed by atoms with Gasteiger partial charge in [-0.15, -0.1) is 0 Å². The van der Waals surface area contributed by atoms with Gasteiger partial charge in [0.1, 0.15) is 0 Å². The molecule has 3 aromatic rings. The molecule has 0 amide bonds. The SMILES string of the molecule is O=C(O)c1ccc(-n2ccc3c[c]ccc32)cc1. The Morgan fingerprint density at radius 1 is 1.11 bits per heavy atom. The molecule has 2 aromatic carbocycles. The van der Waals surface area contributed by atoms with E-state index in [0.717, 1.165) is 16.6 Å². The summed E-state index contributed by atoms with van der Waals surface area (Å²) in [6.07, 6.45) is 1.97. The van der Waals surface area contributed by atoms with Crippen molar-refractivity contribution in [2.75, 3.05) is 0 Å². The van der Waals surface area contributed by atoms with E-state index in [1.54, 1.807) is 24.3 Å². The van der Waals surface area contributed by atoms with E-state index in [0.29, 0.717) is 5.56 Å². The van der Waals surface area contributed by atoms with Crippen molar-refractivity contribution in [3.63, 3.8) is 0 Å². The van der Waals surface area contributed by atoms with Crippen LogP contribution in [0.25, 0.3) is 16.6 Å². The zero-order valence-electron chi connectivity index (χ0n) is 9.50. The molecular formula is C15H10NO2. The number of hydrogen-bond donors (Lipinski definition) is 1. The lowest BCUT2D eigenvalue weighted by Gasteiger charge is -2.05. The van der Waals surface area contributed by atoms with Gasteiger partial charge in [-0.1, -0.05) is 6.07 Å². The highest BCUT2D eigenvalue weighted by molar-refractivity contribution is 5.88. The minimum atomic E-state index is -0.909. The van der Waals surface area contributed by atoms with Crippen molar-refractivity contribution in [2.45, 2.75) is 0 Å². The van der Waals surface area contributed by atoms with Gasteiger partial charge in [-0.05, 0) is 48.5 Å². The normalized spacial score (nSPS) is 10.7. The predicted octanol–water partition coefficient (Wildman–Crippen LogP) is 3.13. The Labute approximate surface area is 104 Å². The summed E-state index contributed by atoms with van der Waals surface area (Å²) in [5.74, 6) is -0.909. The maximum atomic E-state index is 10.8. The number of fused-ring (bicyclic) bond motifs is 1. The average molecular weight is 236 g/mol. The molecule has 1 heterocycles. The molecular weight excluding hydrogens is 226 g/mol. The predicted molar refractivity (Wildman–Crippen MR) is 69.1 cm³/mol. The van der Waals surface area contributed by atoms with Crippen molar-refractivity contribution in [3.8, 4) is 5.69 Å². The average Bonchev–Trinajstić information content (AvgIpc) is 2.82. The van der Waals surface area contributed by atoms with Gasteiger partial charge in [0.2, 0.25) is 0 Å². The van der Waals surface area contributed by atoms with Crippen molar-refractivity contribution in [1.82, 2.24) is 4.57 Å². The quantitative estimate of drug-likeness (QED) is 0.742. The van der Waals surface area contributed by atoms with Crippen LogP contribution in [-0.2, 0) is 0 Å². The van der Waals surface area contributed by atoms with Crippen LogP contribution in [0.2, 0.25) is 0 Å². The second-order valence-electron chi connectivity index (χ2n) is 4.02. The molecule has 0 aliphatic carbocycles. The van der Waals surface area contributed by atoms with E-state index in [4.69, 9.17) is 5.11 Å². The van der Waals surface area contributed by atoms with Crippen molar-refractivity contribution in [2.24, 2.45) is 0 Å². The van der Waals surface area contributed by atoms with Gasteiger partial charge in [-0.2, -0.15) is 0 Å². The van der Waals surface area contributed by atoms with Crippen molar-refractivity contribution >= 4 is 16.9 Å². The third kappa shape index (κ3) is 1.66. The fourth-order valence-electron chi connectivity index (χ4n) is 2.01. The molecule has 18 heavy (non-hydrogen) atoms. The first-order chi connectivity index (χ1) is 8.75. The molecule has 0 unspecified atom stereocenters. The Bertz CT molecular complexity index is 711. The minimum Gasteiger partial charge on any atom is -0.478 e. The molecule has 0 atom stereocenters. The number of carboxylic acids is 1. The summed E-state index contributed by atoms with van der Waals surface area (Å²) in [5.41, 5.74) is 2.32. The maximum Gasteiger partial charge on any atom is 0.335 e. The number of aromatic carboxylic acids is 1. The molecule has 1 aromatic heterocycles. The molecule has 3 heteroatoms. The molecule has 0 spiro atoms. The van der Waals surface area contributed by atoms with Crippen LogP contribution in [0.1, 0.15) is 10.4 Å². The highest BCUT2D eigenvalue weighted by atomic mass is 16.4. The van der Waals surface area contributed by atoms with Crippen LogP contribution < -0.4 is 0 Å². The monoisotopic (exact) mass is 236 g/mol. The molecule has 0 saturated heterocycles. The van der Waals surface area contributed by atoms with Gasteiger partial charge in [0.25, 0.3) is 0 Å². The van der Waals surface area contributed by atoms with Gasteiger partial charge < -0.3 is 9.67 Å². The third-order valence-corrected chi connectivity index (χ3v) is 2.93. The molecule has 1 radical (unpaired) electrons. The van der Waals surface area contributed by atoms with Crippen molar-refractivity contribution in [1.29, 1.82) is 0 Å². The number of nitrogens with zero attached hydrogens (tertiary/aromatic N) is 1. The lowest BCUT2D eigenvalue weighted by Crippen LogP contribution is -1.97. The highest BCUT2D eigenvalue weighted by Gasteiger charge is 2.05. The molecule has 3 nitrogen and oxygen atoms in total. The second kappa shape index (κ2) is 4.04. The molecule has 87 valence electrons. The Morgan fingerprint density at radius 3 is 2.61 bits per heavy atom. The first-order valence-corrected chi connectivity index (χ1v) is 5.56. The molecule has 0 fully saturated rings. The van der Waals surface area contributed by atoms with E-state index in [1.807, 2.05) is 35.0 Å². The number of aromatic nitrogens is 1. The Kier molecular flexibility index (Phi) is 2.38. The van der Waals surface area contributed by atoms with Crippen LogP contribution in [-0.4, -0.2) is 15.6 Å². The first-order valence-electron chi connectivity index (χ1n) is 5.56. The van der Waals surface area contributed by atoms with E-state index in [1.165, 1.54) is 0 Å². The molecule has 0 aliphatic heterocycles. The van der Waals surface area contributed by atoms with Crippen molar-refractivity contribution < 1.29 is 9.90 Å². The number of rotatable bonds is 2. The van der Waals surface area contributed by atoms with E-state index in [-0.39, 0.29) is 0 Å². The van der Waals surface area contributed by atoms with Gasteiger partial charge in [-0.25, -0.2) is 4.79 Å². The largest absolute Gasteiger partial charge is 0.478 e. The van der Waals surface area contributed by atoms with E-state index in [9.17, 15) is 4.79 Å². The lowest BCUT2D eigenvalue weighted by atomic mass is 10.2. The van der Waals surface area contributed by atoms with Gasteiger partial charge in [0.05, 0.1) is 11.1 Å². The fraction of sp³-hybridized carbons (Fsp3) is 0. The van der Waals surface area contributed by atoms with Crippen LogP contribution >= 0.6 is 0 Å². The summed E-state index contributed by atoms with van der Waals surface area (Å²) in [6, 6.07) is 17.7. The molecule has 1 N–H and O–H groups in total. The van der Waals surface area contributed by atoms with Gasteiger partial charge in [0.15, 0.2) is 0 Å². The molecule has 0 aliphatic rings. The van der Waals surface area contributed by atoms with Crippen LogP contribution in [0.4, 0.5) is 0 Å². The number of carbonyl (C=O) groups is 1. The summed E-state index contributed by atoms with van der Waals surface area (Å²) < 4.78 is 2.02. The van der Waals surface area contributed by atoms with Gasteiger partial charge in [0, 0.05) is 17.3 Å². The number of benzene rings is 2. The maximum absolute atomic E-state index is 10.8. The smallest absolute Gasteiger partial charge is 0.335 e. The Morgan fingerprint density at radius 2 is 1.89 bits per heavy atom. The second-order valence-corrected chi connectivity index (χ2v) is 4.02. The standard InChI is InChI=1S/C15H10NO2/c17-15(18)12-5-7-13(8-6-12)16-10-9-11-3-1-2-4-14(11)16/h2-10H,(H,17,18). The summed E-state index contributed by atoms with van der Waals surface area (Å²) in [4.78, 5) is 10.8. The van der Waals surface area contributed by atoms with Gasteiger partial charge in [-0.3, -0.25) is 0 Å². The fourth-order valence-corrected chi connectivity index (χ4v) is 2.01. The Balaban J connectivity index is 2.12. The van der Waals surface area contributed by atoms with Crippen LogP contribution in [0.5, 0.6) is 0 Å². The van der Waals surface area contributed by atoms with Crippen LogP contribution in [0, 0.1) is 6.07 Å². The topological polar surface area (TPSA) is 42.2 Å². The molecule has 3 rings (SSSR count). The van der Waals surface area contributed by atoms with Crippen molar-refractivity contribution in [3.05, 3.63) is 66.4 Å². The van der Waals surface area contributed by atoms with E-state index < -0.39 is 5.97 Å². The lowest BCUT2D eigenvalue weighted by molar-refractivity contribution is 0.0697. The van der Waals surface area contributed by atoms with E-state index >= 15 is 0 Å². The Hall–Kier alpha value is -2.55. The minimum absolute atomic E-state index is 0.295. The van der Waals surface area contributed by atoms with Crippen LogP contribution in [0.15, 0.2) is 54.7 Å². The molecule has 0 saturated carbocycles. The zero-order chi connectivity index (χ0) is 12.5. The molecule has 0 bridgehead atoms. The van der Waals surface area contributed by atoms with Crippen LogP contribution in [0.3, 0.4) is 0 Å². The summed E-state index contributed by atoms with van der Waals surface area (Å²) in [6.45, 7) is 0. The zero-order valence-corrected chi connectivity index (χ0v) is 9.50. The number of hydrogen-bond acceptors (Lipinski definition) is 1. The first kappa shape index (κ1) is 10.6. The summed E-state index contributed by atoms with van der Waals surface area (Å²) >= 11 is 0. The highest BCUT2D eigenvalue weighted by Crippen LogP contribution is 2.20. The summed E-state index contributed by atoms with van der Waals surface area (Å²) in [7, 11) is 0. The third-order valence-electron chi connectivity index (χ3n) is 2.93. The summed E-state index contributed by atoms with van der Waals surface area (Å²) in [5, 5.41) is 9.98. The van der Waals surface area contributed by atoms with Gasteiger partial charge >= 0.3 is 5.97 Å². The number of carboxylic acid groups (broad SMARTS) is 1.